The van der Waals surface area contributed by atoms with Gasteiger partial charge in [-0.15, -0.1) is 13.2 Å². The van der Waals surface area contributed by atoms with E-state index in [9.17, 15) is 19.5 Å². The van der Waals surface area contributed by atoms with Crippen molar-refractivity contribution in [3.8, 4) is 0 Å². The number of unbranched alkanes of at least 4 members (excludes halogenated alkanes) is 2. The molecule has 7 atom stereocenters. The van der Waals surface area contributed by atoms with Crippen molar-refractivity contribution in [3.63, 3.8) is 0 Å². The van der Waals surface area contributed by atoms with Crippen LogP contribution < -0.4 is 0 Å². The first-order chi connectivity index (χ1) is 19.1. The molecule has 0 saturated carbocycles. The van der Waals surface area contributed by atoms with Crippen LogP contribution in [0.4, 0.5) is 0 Å². The number of carbonyl (C=O) groups excluding carboxylic acids is 3. The summed E-state index contributed by atoms with van der Waals surface area (Å²) in [7, 11) is 0. The monoisotopic (exact) mass is 552 g/mol. The first-order valence-corrected chi connectivity index (χ1v) is 14.5. The third-order valence-corrected chi connectivity index (χ3v) is 9.21. The number of allylic oxidation sites excluding steroid dienone is 1. The summed E-state index contributed by atoms with van der Waals surface area (Å²) in [6, 6.07) is 7.25. The molecule has 3 aliphatic rings. The van der Waals surface area contributed by atoms with Crippen LogP contribution in [-0.2, 0) is 23.9 Å². The lowest BCUT2D eigenvalue weighted by Crippen LogP contribution is -2.58. The van der Waals surface area contributed by atoms with Gasteiger partial charge in [-0.2, -0.15) is 0 Å². The van der Waals surface area contributed by atoms with Crippen molar-refractivity contribution in [1.82, 2.24) is 9.80 Å². The van der Waals surface area contributed by atoms with E-state index in [4.69, 9.17) is 9.47 Å². The molecule has 8 heteroatoms. The molecule has 218 valence electrons. The van der Waals surface area contributed by atoms with Crippen LogP contribution in [-0.4, -0.2) is 75.7 Å². The molecule has 3 aliphatic heterocycles. The van der Waals surface area contributed by atoms with E-state index in [2.05, 4.69) is 13.2 Å². The second kappa shape index (κ2) is 11.9. The second-order valence-electron chi connectivity index (χ2n) is 11.9. The Hall–Kier alpha value is -2.97. The van der Waals surface area contributed by atoms with E-state index in [0.29, 0.717) is 24.9 Å². The maximum atomic E-state index is 14.5. The zero-order valence-electron chi connectivity index (χ0n) is 24.3. The minimum atomic E-state index is -1.22. The van der Waals surface area contributed by atoms with Crippen LogP contribution in [0.1, 0.15) is 65.0 Å². The molecule has 2 amide bonds. The zero-order chi connectivity index (χ0) is 29.2. The fourth-order valence-electron chi connectivity index (χ4n) is 7.18. The maximum absolute atomic E-state index is 14.5. The van der Waals surface area contributed by atoms with Gasteiger partial charge in [0.15, 0.2) is 0 Å². The molecule has 0 aliphatic carbocycles. The summed E-state index contributed by atoms with van der Waals surface area (Å²) >= 11 is 0. The molecule has 0 aromatic heterocycles. The second-order valence-corrected chi connectivity index (χ2v) is 11.9. The number of likely N-dealkylation sites (tertiary alicyclic amines) is 1. The van der Waals surface area contributed by atoms with Crippen molar-refractivity contribution in [2.75, 3.05) is 19.8 Å². The Morgan fingerprint density at radius 3 is 2.52 bits per heavy atom. The average Bonchev–Trinajstić information content (AvgIpc) is 3.44. The van der Waals surface area contributed by atoms with Crippen LogP contribution in [0.3, 0.4) is 0 Å². The van der Waals surface area contributed by atoms with Crippen molar-refractivity contribution in [2.45, 2.75) is 82.7 Å². The molecule has 2 bridgehead atoms. The van der Waals surface area contributed by atoms with Crippen LogP contribution in [0.15, 0.2) is 55.6 Å². The fraction of sp³-hybridized carbons (Fsp3) is 0.594. The Balaban J connectivity index is 1.80. The van der Waals surface area contributed by atoms with E-state index in [1.165, 1.54) is 4.90 Å². The van der Waals surface area contributed by atoms with Gasteiger partial charge in [-0.3, -0.25) is 14.4 Å². The van der Waals surface area contributed by atoms with Gasteiger partial charge in [0, 0.05) is 12.6 Å². The summed E-state index contributed by atoms with van der Waals surface area (Å²) < 4.78 is 12.5. The topological polar surface area (TPSA) is 96.4 Å². The molecule has 3 unspecified atom stereocenters. The van der Waals surface area contributed by atoms with E-state index < -0.39 is 41.1 Å². The Morgan fingerprint density at radius 1 is 1.23 bits per heavy atom. The van der Waals surface area contributed by atoms with E-state index in [-0.39, 0.29) is 37.0 Å². The predicted molar refractivity (Wildman–Crippen MR) is 152 cm³/mol. The molecule has 1 aromatic rings. The number of benzene rings is 1. The van der Waals surface area contributed by atoms with Gasteiger partial charge in [0.1, 0.15) is 17.6 Å². The Bertz CT molecular complexity index is 1120. The molecule has 1 aromatic carbocycles. The Morgan fingerprint density at radius 2 is 1.93 bits per heavy atom. The summed E-state index contributed by atoms with van der Waals surface area (Å²) in [5.74, 6) is -2.93. The zero-order valence-corrected chi connectivity index (χ0v) is 24.3. The number of amides is 2. The number of fused-ring (bicyclic) bond motifs is 1. The molecule has 1 spiro atoms. The molecular weight excluding hydrogens is 508 g/mol. The van der Waals surface area contributed by atoms with Gasteiger partial charge in [0.2, 0.25) is 11.8 Å². The highest BCUT2D eigenvalue weighted by Crippen LogP contribution is 2.66. The van der Waals surface area contributed by atoms with Gasteiger partial charge in [-0.1, -0.05) is 49.4 Å². The number of aliphatic hydroxyl groups excluding tert-OH is 1. The average molecular weight is 553 g/mol. The summed E-state index contributed by atoms with van der Waals surface area (Å²) in [6.45, 7) is 15.4. The molecular formula is C32H44N2O6. The standard InChI is InChI=1S/C32H44N2O6/c1-7-9-10-14-18-39-30(38)26-25-28(36)34(24(20-35)23-15-12-11-13-16-23)27(29(37)33(17-8-2)21(3)4)32(25)19-22(5)31(26,6)40-32/h7-8,11-13,15-16,21-22,24-27,35H,1-2,9-10,14,17-20H2,3-6H3/t22?,24-,25+,26+,27?,31-,32?/m1/s1. The lowest BCUT2D eigenvalue weighted by atomic mass is 9.62. The van der Waals surface area contributed by atoms with Crippen LogP contribution in [0, 0.1) is 17.8 Å². The smallest absolute Gasteiger partial charge is 0.312 e. The van der Waals surface area contributed by atoms with Crippen LogP contribution in [0.25, 0.3) is 0 Å². The predicted octanol–water partition coefficient (Wildman–Crippen LogP) is 4.05. The Labute approximate surface area is 238 Å². The number of esters is 1. The third kappa shape index (κ3) is 4.79. The number of carbonyl (C=O) groups is 3. The lowest BCUT2D eigenvalue weighted by Gasteiger charge is -2.40. The number of rotatable bonds is 13. The minimum Gasteiger partial charge on any atom is -0.465 e. The molecule has 8 nitrogen and oxygen atoms in total. The van der Waals surface area contributed by atoms with E-state index in [1.54, 1.807) is 11.0 Å². The number of ether oxygens (including phenoxy) is 2. The van der Waals surface area contributed by atoms with Crippen LogP contribution in [0.5, 0.6) is 0 Å². The minimum absolute atomic E-state index is 0.0960. The molecule has 3 fully saturated rings. The number of aliphatic hydroxyl groups is 1. The lowest BCUT2D eigenvalue weighted by molar-refractivity contribution is -0.164. The van der Waals surface area contributed by atoms with Gasteiger partial charge in [0.05, 0.1) is 30.8 Å². The third-order valence-electron chi connectivity index (χ3n) is 9.21. The first-order valence-electron chi connectivity index (χ1n) is 14.5. The molecule has 1 N–H and O–H groups in total. The van der Waals surface area contributed by atoms with E-state index in [0.717, 1.165) is 12.8 Å². The molecule has 3 saturated heterocycles. The highest BCUT2D eigenvalue weighted by Gasteiger charge is 2.80. The molecule has 0 radical (unpaired) electrons. The summed E-state index contributed by atoms with van der Waals surface area (Å²) in [6.07, 6.45) is 6.33. The largest absolute Gasteiger partial charge is 0.465 e. The van der Waals surface area contributed by atoms with Gasteiger partial charge in [-0.05, 0) is 57.9 Å². The van der Waals surface area contributed by atoms with Gasteiger partial charge < -0.3 is 24.4 Å². The number of hydrogen-bond acceptors (Lipinski definition) is 6. The van der Waals surface area contributed by atoms with Crippen LogP contribution >= 0.6 is 0 Å². The number of nitrogens with zero attached hydrogens (tertiary/aromatic N) is 2. The SMILES string of the molecule is C=CCCCCOC(=O)[C@@H]1[C@H]2C(=O)N([C@H](CO)c3ccccc3)C(C(=O)N(CC=C)C(C)C)C23CC(C)[C@@]1(C)O3. The van der Waals surface area contributed by atoms with E-state index in [1.807, 2.05) is 64.1 Å². The quantitative estimate of drug-likeness (QED) is 0.225. The molecule has 4 rings (SSSR count). The highest BCUT2D eigenvalue weighted by atomic mass is 16.6. The summed E-state index contributed by atoms with van der Waals surface area (Å²) in [5.41, 5.74) is -1.46. The van der Waals surface area contributed by atoms with Crippen molar-refractivity contribution in [3.05, 3.63) is 61.2 Å². The maximum Gasteiger partial charge on any atom is 0.312 e. The fourth-order valence-corrected chi connectivity index (χ4v) is 7.18. The van der Waals surface area contributed by atoms with Gasteiger partial charge in [0.25, 0.3) is 0 Å². The van der Waals surface area contributed by atoms with Crippen molar-refractivity contribution in [2.24, 2.45) is 17.8 Å². The van der Waals surface area contributed by atoms with Crippen molar-refractivity contribution in [1.29, 1.82) is 0 Å². The Kier molecular flexibility index (Phi) is 8.90. The van der Waals surface area contributed by atoms with Crippen LogP contribution in [0.2, 0.25) is 0 Å². The normalized spacial score (nSPS) is 31.2. The summed E-state index contributed by atoms with van der Waals surface area (Å²) in [4.78, 5) is 45.9. The van der Waals surface area contributed by atoms with Crippen molar-refractivity contribution >= 4 is 17.8 Å². The number of hydrogen-bond donors (Lipinski definition) is 1. The van der Waals surface area contributed by atoms with Crippen molar-refractivity contribution < 1.29 is 29.0 Å². The van der Waals surface area contributed by atoms with Gasteiger partial charge >= 0.3 is 5.97 Å². The van der Waals surface area contributed by atoms with Gasteiger partial charge in [-0.25, -0.2) is 0 Å². The summed E-state index contributed by atoms with van der Waals surface area (Å²) in [5, 5.41) is 10.6. The molecule has 3 heterocycles. The van der Waals surface area contributed by atoms with E-state index >= 15 is 0 Å². The molecule has 40 heavy (non-hydrogen) atoms. The first kappa shape index (κ1) is 30.0. The highest BCUT2D eigenvalue weighted by molar-refractivity contribution is 5.99.